The summed E-state index contributed by atoms with van der Waals surface area (Å²) < 4.78 is 0. The van der Waals surface area contributed by atoms with Crippen LogP contribution in [0.2, 0.25) is 0 Å². The first-order valence-corrected chi connectivity index (χ1v) is 5.19. The highest BCUT2D eigenvalue weighted by Crippen LogP contribution is 1.92. The van der Waals surface area contributed by atoms with E-state index in [1.807, 2.05) is 0 Å². The molecule has 8 nitrogen and oxygen atoms in total. The quantitative estimate of drug-likeness (QED) is 0.509. The van der Waals surface area contributed by atoms with Crippen molar-refractivity contribution < 1.29 is 19.2 Å². The van der Waals surface area contributed by atoms with E-state index in [4.69, 9.17) is 5.73 Å². The first-order chi connectivity index (χ1) is 8.27. The second kappa shape index (κ2) is 7.25. The van der Waals surface area contributed by atoms with E-state index in [0.717, 1.165) is 9.80 Å². The first-order valence-electron chi connectivity index (χ1n) is 5.19. The van der Waals surface area contributed by atoms with Gasteiger partial charge in [0.25, 0.3) is 0 Å². The van der Waals surface area contributed by atoms with Gasteiger partial charge in [0, 0.05) is 21.1 Å². The molecule has 102 valence electrons. The van der Waals surface area contributed by atoms with Crippen LogP contribution >= 0.6 is 0 Å². The molecule has 0 radical (unpaired) electrons. The first kappa shape index (κ1) is 15.9. The number of nitrogens with two attached hydrogens (primary N) is 1. The summed E-state index contributed by atoms with van der Waals surface area (Å²) >= 11 is 0. The predicted molar refractivity (Wildman–Crippen MR) is 63.2 cm³/mol. The summed E-state index contributed by atoms with van der Waals surface area (Å²) in [6, 6.07) is 0. The molecule has 0 aliphatic rings. The van der Waals surface area contributed by atoms with Gasteiger partial charge in [0.15, 0.2) is 0 Å². The van der Waals surface area contributed by atoms with Crippen LogP contribution in [0.3, 0.4) is 0 Å². The van der Waals surface area contributed by atoms with Crippen LogP contribution in [0.5, 0.6) is 0 Å². The molecule has 18 heavy (non-hydrogen) atoms. The lowest BCUT2D eigenvalue weighted by Crippen LogP contribution is -2.44. The maximum atomic E-state index is 11.6. The molecule has 0 saturated carbocycles. The largest absolute Gasteiger partial charge is 0.368 e. The van der Waals surface area contributed by atoms with Crippen LogP contribution in [0.1, 0.15) is 0 Å². The molecule has 0 rings (SSSR count). The zero-order valence-corrected chi connectivity index (χ0v) is 10.8. The van der Waals surface area contributed by atoms with Gasteiger partial charge in [-0.2, -0.15) is 0 Å². The van der Waals surface area contributed by atoms with Crippen molar-refractivity contribution in [1.29, 1.82) is 0 Å². The van der Waals surface area contributed by atoms with Crippen molar-refractivity contribution in [3.8, 4) is 0 Å². The number of carbonyl (C=O) groups excluding carboxylic acids is 4. The van der Waals surface area contributed by atoms with Crippen molar-refractivity contribution in [3.63, 3.8) is 0 Å². The minimum atomic E-state index is -0.625. The van der Waals surface area contributed by atoms with E-state index >= 15 is 0 Å². The van der Waals surface area contributed by atoms with Crippen molar-refractivity contribution in [2.24, 2.45) is 5.73 Å². The number of amides is 4. The minimum absolute atomic E-state index is 0.104. The molecule has 0 spiro atoms. The number of rotatable bonds is 7. The van der Waals surface area contributed by atoms with Gasteiger partial charge >= 0.3 is 0 Å². The van der Waals surface area contributed by atoms with E-state index in [-0.39, 0.29) is 25.5 Å². The second-order valence-corrected chi connectivity index (χ2v) is 3.99. The lowest BCUT2D eigenvalue weighted by molar-refractivity contribution is -0.141. The summed E-state index contributed by atoms with van der Waals surface area (Å²) in [5, 5.41) is 0. The van der Waals surface area contributed by atoms with Crippen LogP contribution in [0.4, 0.5) is 0 Å². The molecule has 0 heterocycles. The average molecular weight is 258 g/mol. The lowest BCUT2D eigenvalue weighted by Gasteiger charge is -2.22. The predicted octanol–water partition coefficient (Wildman–Crippen LogP) is -2.52. The monoisotopic (exact) mass is 258 g/mol. The number of likely N-dealkylation sites (N-methyl/N-ethyl adjacent to an activating group) is 3. The number of primary amides is 1. The van der Waals surface area contributed by atoms with E-state index in [9.17, 15) is 19.2 Å². The molecule has 0 aliphatic heterocycles. The smallest absolute Gasteiger partial charge is 0.242 e. The van der Waals surface area contributed by atoms with E-state index < -0.39 is 11.8 Å². The summed E-state index contributed by atoms with van der Waals surface area (Å²) in [6.45, 7) is -0.475. The van der Waals surface area contributed by atoms with Gasteiger partial charge in [-0.3, -0.25) is 19.2 Å². The third-order valence-corrected chi connectivity index (χ3v) is 2.18. The van der Waals surface area contributed by atoms with Gasteiger partial charge in [-0.05, 0) is 0 Å². The van der Waals surface area contributed by atoms with Crippen LogP contribution in [0, 0.1) is 0 Å². The van der Waals surface area contributed by atoms with Gasteiger partial charge in [-0.1, -0.05) is 0 Å². The molecule has 0 aromatic carbocycles. The van der Waals surface area contributed by atoms with Crippen molar-refractivity contribution in [2.75, 3.05) is 40.8 Å². The average Bonchev–Trinajstić information content (AvgIpc) is 2.27. The Bertz CT molecular complexity index is 345. The van der Waals surface area contributed by atoms with E-state index in [0.29, 0.717) is 6.41 Å². The molecule has 0 aliphatic carbocycles. The Labute approximate surface area is 105 Å². The Morgan fingerprint density at radius 2 is 1.39 bits per heavy atom. The normalized spacial score (nSPS) is 9.50. The fourth-order valence-corrected chi connectivity index (χ4v) is 1.11. The summed E-state index contributed by atoms with van der Waals surface area (Å²) in [7, 11) is 4.32. The molecule has 2 N–H and O–H groups in total. The topological polar surface area (TPSA) is 104 Å². The number of nitrogens with zero attached hydrogens (tertiary/aromatic N) is 3. The van der Waals surface area contributed by atoms with Gasteiger partial charge in [0.05, 0.1) is 19.6 Å². The van der Waals surface area contributed by atoms with Crippen LogP contribution in [0.25, 0.3) is 0 Å². The number of carbonyl (C=O) groups is 4. The molecule has 0 fully saturated rings. The Morgan fingerprint density at radius 3 is 1.83 bits per heavy atom. The molecule has 0 saturated heterocycles. The maximum Gasteiger partial charge on any atom is 0.242 e. The minimum Gasteiger partial charge on any atom is -0.368 e. The second-order valence-electron chi connectivity index (χ2n) is 3.99. The molecule has 8 heteroatoms. The highest BCUT2D eigenvalue weighted by molar-refractivity contribution is 5.88. The van der Waals surface area contributed by atoms with E-state index in [1.165, 1.54) is 26.0 Å². The van der Waals surface area contributed by atoms with Gasteiger partial charge in [0.1, 0.15) is 0 Å². The fraction of sp³-hybridized carbons (Fsp3) is 0.600. The van der Waals surface area contributed by atoms with E-state index in [1.54, 1.807) is 0 Å². The Kier molecular flexibility index (Phi) is 6.40. The Hall–Kier alpha value is -2.12. The van der Waals surface area contributed by atoms with Crippen molar-refractivity contribution in [1.82, 2.24) is 14.7 Å². The maximum absolute atomic E-state index is 11.6. The highest BCUT2D eigenvalue weighted by atomic mass is 16.2. The molecular weight excluding hydrogens is 240 g/mol. The molecule has 0 atom stereocenters. The number of hydrogen-bond donors (Lipinski definition) is 1. The van der Waals surface area contributed by atoms with Crippen LogP contribution < -0.4 is 5.73 Å². The summed E-state index contributed by atoms with van der Waals surface area (Å²) in [5.74, 6) is -1.40. The van der Waals surface area contributed by atoms with Crippen LogP contribution in [0.15, 0.2) is 0 Å². The van der Waals surface area contributed by atoms with E-state index in [2.05, 4.69) is 0 Å². The third kappa shape index (κ3) is 5.83. The zero-order valence-electron chi connectivity index (χ0n) is 10.8. The molecule has 0 aromatic heterocycles. The molecule has 4 amide bonds. The van der Waals surface area contributed by atoms with Crippen molar-refractivity contribution in [2.45, 2.75) is 0 Å². The van der Waals surface area contributed by atoms with Crippen LogP contribution in [-0.2, 0) is 19.2 Å². The summed E-state index contributed by atoms with van der Waals surface area (Å²) in [5.41, 5.74) is 4.95. The molecule has 0 bridgehead atoms. The van der Waals surface area contributed by atoms with Crippen molar-refractivity contribution >= 4 is 24.1 Å². The van der Waals surface area contributed by atoms with Gasteiger partial charge < -0.3 is 20.4 Å². The third-order valence-electron chi connectivity index (χ3n) is 2.18. The van der Waals surface area contributed by atoms with Crippen LogP contribution in [-0.4, -0.2) is 79.6 Å². The van der Waals surface area contributed by atoms with Gasteiger partial charge in [0.2, 0.25) is 24.1 Å². The Morgan fingerprint density at radius 1 is 0.944 bits per heavy atom. The Balaban J connectivity index is 4.25. The fourth-order valence-electron chi connectivity index (χ4n) is 1.11. The molecule has 0 unspecified atom stereocenters. The SMILES string of the molecule is CN(C=O)CC(=O)N(C)CC(=O)N(C)CC(N)=O. The lowest BCUT2D eigenvalue weighted by atomic mass is 10.4. The molecular formula is C10H18N4O4. The zero-order chi connectivity index (χ0) is 14.3. The molecule has 0 aromatic rings. The highest BCUT2D eigenvalue weighted by Gasteiger charge is 2.17. The summed E-state index contributed by atoms with van der Waals surface area (Å²) in [6.07, 6.45) is 0.521. The standard InChI is InChI=1S/C10H18N4O4/c1-12(7-15)5-9(17)14(3)6-10(18)13(2)4-8(11)16/h7H,4-6H2,1-3H3,(H2,11,16). The summed E-state index contributed by atoms with van der Waals surface area (Å²) in [4.78, 5) is 47.6. The number of hydrogen-bond acceptors (Lipinski definition) is 4. The van der Waals surface area contributed by atoms with Gasteiger partial charge in [-0.25, -0.2) is 0 Å². The van der Waals surface area contributed by atoms with Gasteiger partial charge in [-0.15, -0.1) is 0 Å². The van der Waals surface area contributed by atoms with Crippen molar-refractivity contribution in [3.05, 3.63) is 0 Å².